The molecule has 2 heterocycles. The number of hydrogen-bond acceptors (Lipinski definition) is 7. The number of benzene rings is 1. The maximum Gasteiger partial charge on any atom is 0.338 e. The van der Waals surface area contributed by atoms with Crippen LogP contribution in [-0.4, -0.2) is 49.2 Å². The standard InChI is InChI=1S/C23H26N2O6S2/c1-2-31-23(28)16-10-12-17(13-11-16)24-20(26)15-19(22(24)27)25(18-7-4-3-5-8-18)33(29,30)21-9-6-14-32-21/h6,9-14,18-19H,2-5,7-8,15H2,1H3. The molecule has 10 heteroatoms. The molecule has 2 aromatic rings. The highest BCUT2D eigenvalue weighted by Gasteiger charge is 2.49. The number of carbonyl (C=O) groups excluding carboxylic acids is 3. The van der Waals surface area contributed by atoms with Crippen molar-refractivity contribution in [1.29, 1.82) is 0 Å². The molecule has 33 heavy (non-hydrogen) atoms. The Labute approximate surface area is 197 Å². The summed E-state index contributed by atoms with van der Waals surface area (Å²) in [4.78, 5) is 39.3. The normalized spacial score (nSPS) is 19.9. The van der Waals surface area contributed by atoms with Gasteiger partial charge in [0.2, 0.25) is 5.91 Å². The Morgan fingerprint density at radius 2 is 1.82 bits per heavy atom. The zero-order valence-corrected chi connectivity index (χ0v) is 19.9. The number of imide groups is 1. The fraction of sp³-hybridized carbons (Fsp3) is 0.435. The summed E-state index contributed by atoms with van der Waals surface area (Å²) in [6, 6.07) is 7.77. The van der Waals surface area contributed by atoms with Gasteiger partial charge >= 0.3 is 5.97 Å². The van der Waals surface area contributed by atoms with Gasteiger partial charge in [0.05, 0.1) is 24.3 Å². The summed E-state index contributed by atoms with van der Waals surface area (Å²) < 4.78 is 33.6. The van der Waals surface area contributed by atoms with Crippen LogP contribution in [0.2, 0.25) is 0 Å². The summed E-state index contributed by atoms with van der Waals surface area (Å²) >= 11 is 1.11. The first-order chi connectivity index (χ1) is 15.8. The fourth-order valence-corrected chi connectivity index (χ4v) is 7.44. The van der Waals surface area contributed by atoms with Crippen LogP contribution in [0.4, 0.5) is 5.69 Å². The van der Waals surface area contributed by atoms with Crippen LogP contribution in [-0.2, 0) is 24.3 Å². The lowest BCUT2D eigenvalue weighted by Gasteiger charge is -2.35. The molecule has 1 saturated heterocycles. The fourth-order valence-electron chi connectivity index (χ4n) is 4.51. The summed E-state index contributed by atoms with van der Waals surface area (Å²) in [5, 5.41) is 1.69. The molecule has 1 atom stereocenters. The highest BCUT2D eigenvalue weighted by atomic mass is 32.2. The summed E-state index contributed by atoms with van der Waals surface area (Å²) in [5.41, 5.74) is 0.609. The van der Waals surface area contributed by atoms with E-state index in [1.807, 2.05) is 0 Å². The second-order valence-electron chi connectivity index (χ2n) is 8.11. The third-order valence-electron chi connectivity index (χ3n) is 6.03. The van der Waals surface area contributed by atoms with Gasteiger partial charge in [0.1, 0.15) is 10.3 Å². The lowest BCUT2D eigenvalue weighted by atomic mass is 9.94. The minimum absolute atomic E-state index is 0.172. The van der Waals surface area contributed by atoms with Crippen LogP contribution in [0.25, 0.3) is 0 Å². The Morgan fingerprint density at radius 3 is 2.42 bits per heavy atom. The van der Waals surface area contributed by atoms with E-state index in [2.05, 4.69) is 0 Å². The van der Waals surface area contributed by atoms with Crippen LogP contribution in [0.5, 0.6) is 0 Å². The quantitative estimate of drug-likeness (QED) is 0.434. The Morgan fingerprint density at radius 1 is 1.12 bits per heavy atom. The van der Waals surface area contributed by atoms with Crippen LogP contribution in [0.1, 0.15) is 55.8 Å². The first-order valence-electron chi connectivity index (χ1n) is 11.1. The zero-order valence-electron chi connectivity index (χ0n) is 18.3. The van der Waals surface area contributed by atoms with Crippen molar-refractivity contribution in [3.8, 4) is 0 Å². The van der Waals surface area contributed by atoms with Crippen LogP contribution >= 0.6 is 11.3 Å². The molecule has 1 aliphatic carbocycles. The Bertz CT molecular complexity index is 1120. The second kappa shape index (κ2) is 9.74. The van der Waals surface area contributed by atoms with Gasteiger partial charge < -0.3 is 4.74 Å². The molecular formula is C23H26N2O6S2. The monoisotopic (exact) mass is 490 g/mol. The molecule has 0 N–H and O–H groups in total. The number of thiophene rings is 1. The van der Waals surface area contributed by atoms with E-state index in [0.29, 0.717) is 24.1 Å². The maximum atomic E-state index is 13.6. The summed E-state index contributed by atoms with van der Waals surface area (Å²) in [7, 11) is -3.94. The third kappa shape index (κ3) is 4.60. The van der Waals surface area contributed by atoms with Gasteiger partial charge in [-0.25, -0.2) is 18.1 Å². The maximum absolute atomic E-state index is 13.6. The van der Waals surface area contributed by atoms with Crippen molar-refractivity contribution in [2.24, 2.45) is 0 Å². The molecule has 1 unspecified atom stereocenters. The lowest BCUT2D eigenvalue weighted by molar-refractivity contribution is -0.122. The van der Waals surface area contributed by atoms with Crippen molar-refractivity contribution < 1.29 is 27.5 Å². The van der Waals surface area contributed by atoms with Crippen molar-refractivity contribution in [2.75, 3.05) is 11.5 Å². The second-order valence-corrected chi connectivity index (χ2v) is 11.1. The average Bonchev–Trinajstić information content (AvgIpc) is 3.44. The number of carbonyl (C=O) groups is 3. The highest BCUT2D eigenvalue weighted by molar-refractivity contribution is 7.91. The van der Waals surface area contributed by atoms with Gasteiger partial charge in [-0.05, 0) is 55.5 Å². The van der Waals surface area contributed by atoms with E-state index in [-0.39, 0.29) is 23.3 Å². The predicted molar refractivity (Wildman–Crippen MR) is 124 cm³/mol. The largest absolute Gasteiger partial charge is 0.462 e. The minimum Gasteiger partial charge on any atom is -0.462 e. The SMILES string of the molecule is CCOC(=O)c1ccc(N2C(=O)CC(N(C3CCCCC3)S(=O)(=O)c3cccs3)C2=O)cc1. The first-order valence-corrected chi connectivity index (χ1v) is 13.4. The number of amides is 2. The number of rotatable bonds is 7. The van der Waals surface area contributed by atoms with E-state index >= 15 is 0 Å². The molecule has 1 saturated carbocycles. The summed E-state index contributed by atoms with van der Waals surface area (Å²) in [6.45, 7) is 1.94. The van der Waals surface area contributed by atoms with Gasteiger partial charge in [-0.1, -0.05) is 25.3 Å². The van der Waals surface area contributed by atoms with Crippen LogP contribution < -0.4 is 4.90 Å². The van der Waals surface area contributed by atoms with Gasteiger partial charge in [-0.2, -0.15) is 4.31 Å². The van der Waals surface area contributed by atoms with Crippen molar-refractivity contribution in [2.45, 2.75) is 61.7 Å². The molecule has 0 radical (unpaired) electrons. The number of ether oxygens (including phenoxy) is 1. The van der Waals surface area contributed by atoms with Gasteiger partial charge in [-0.3, -0.25) is 9.59 Å². The summed E-state index contributed by atoms with van der Waals surface area (Å²) in [5.74, 6) is -1.52. The highest BCUT2D eigenvalue weighted by Crippen LogP contribution is 2.36. The molecule has 1 aromatic heterocycles. The van der Waals surface area contributed by atoms with E-state index in [9.17, 15) is 22.8 Å². The molecule has 2 fully saturated rings. The van der Waals surface area contributed by atoms with E-state index in [1.54, 1.807) is 18.4 Å². The number of nitrogens with zero attached hydrogens (tertiary/aromatic N) is 2. The Balaban J connectivity index is 1.65. The topological polar surface area (TPSA) is 101 Å². The Hall–Kier alpha value is -2.56. The average molecular weight is 491 g/mol. The van der Waals surface area contributed by atoms with Crippen LogP contribution in [0, 0.1) is 0 Å². The third-order valence-corrected chi connectivity index (χ3v) is 9.36. The van der Waals surface area contributed by atoms with Crippen molar-refractivity contribution >= 4 is 44.8 Å². The minimum atomic E-state index is -3.94. The van der Waals surface area contributed by atoms with Gasteiger partial charge in [0, 0.05) is 6.04 Å². The van der Waals surface area contributed by atoms with Crippen LogP contribution in [0.15, 0.2) is 46.0 Å². The van der Waals surface area contributed by atoms with E-state index in [4.69, 9.17) is 4.74 Å². The van der Waals surface area contributed by atoms with E-state index in [0.717, 1.165) is 35.5 Å². The molecule has 4 rings (SSSR count). The van der Waals surface area contributed by atoms with Crippen molar-refractivity contribution in [3.63, 3.8) is 0 Å². The van der Waals surface area contributed by atoms with Gasteiger partial charge in [0.25, 0.3) is 15.9 Å². The van der Waals surface area contributed by atoms with E-state index in [1.165, 1.54) is 34.6 Å². The van der Waals surface area contributed by atoms with Crippen LogP contribution in [0.3, 0.4) is 0 Å². The number of esters is 1. The molecule has 176 valence electrons. The number of sulfonamides is 1. The lowest BCUT2D eigenvalue weighted by Crippen LogP contribution is -2.51. The first kappa shape index (κ1) is 23.6. The molecule has 8 nitrogen and oxygen atoms in total. The molecule has 0 bridgehead atoms. The van der Waals surface area contributed by atoms with Crippen molar-refractivity contribution in [3.05, 3.63) is 47.3 Å². The van der Waals surface area contributed by atoms with Gasteiger partial charge in [-0.15, -0.1) is 11.3 Å². The predicted octanol–water partition coefficient (Wildman–Crippen LogP) is 3.58. The summed E-state index contributed by atoms with van der Waals surface area (Å²) in [6.07, 6.45) is 3.91. The molecule has 0 spiro atoms. The number of hydrogen-bond donors (Lipinski definition) is 0. The molecule has 1 aromatic carbocycles. The smallest absolute Gasteiger partial charge is 0.338 e. The molecular weight excluding hydrogens is 464 g/mol. The van der Waals surface area contributed by atoms with Gasteiger partial charge in [0.15, 0.2) is 0 Å². The molecule has 2 aliphatic rings. The van der Waals surface area contributed by atoms with E-state index < -0.39 is 33.8 Å². The molecule has 2 amide bonds. The Kier molecular flexibility index (Phi) is 6.96. The molecule has 1 aliphatic heterocycles. The number of anilines is 1. The van der Waals surface area contributed by atoms with Crippen molar-refractivity contribution in [1.82, 2.24) is 4.31 Å². The zero-order chi connectivity index (χ0) is 23.6.